The first kappa shape index (κ1) is 18.8. The predicted octanol–water partition coefficient (Wildman–Crippen LogP) is 4.50. The minimum Gasteiger partial charge on any atom is -0.436 e. The summed E-state index contributed by atoms with van der Waals surface area (Å²) in [4.78, 5) is 23.2. The average Bonchev–Trinajstić information content (AvgIpc) is 2.66. The van der Waals surface area contributed by atoms with Crippen molar-refractivity contribution < 1.29 is 9.53 Å². The molecule has 0 unspecified atom stereocenters. The molecule has 1 aliphatic rings. The average molecular weight is 374 g/mol. The first-order valence-corrected chi connectivity index (χ1v) is 9.52. The fraction of sp³-hybridized carbons (Fsp3) is 0.450. The van der Waals surface area contributed by atoms with E-state index >= 15 is 0 Å². The van der Waals surface area contributed by atoms with E-state index < -0.39 is 0 Å². The first-order valence-electron chi connectivity index (χ1n) is 9.14. The van der Waals surface area contributed by atoms with Crippen LogP contribution in [0, 0.1) is 5.92 Å². The van der Waals surface area contributed by atoms with Crippen molar-refractivity contribution >= 4 is 17.4 Å². The number of aromatic nitrogens is 2. The monoisotopic (exact) mass is 373 g/mol. The number of halogens is 1. The number of ether oxygens (including phenoxy) is 1. The van der Waals surface area contributed by atoms with E-state index in [0.717, 1.165) is 38.0 Å². The molecule has 0 N–H and O–H groups in total. The highest BCUT2D eigenvalue weighted by Gasteiger charge is 2.25. The summed E-state index contributed by atoms with van der Waals surface area (Å²) in [5.41, 5.74) is 0.875. The quantitative estimate of drug-likeness (QED) is 0.715. The van der Waals surface area contributed by atoms with Crippen LogP contribution in [0.4, 0.5) is 0 Å². The van der Waals surface area contributed by atoms with Crippen molar-refractivity contribution in [2.75, 3.05) is 13.1 Å². The Hall–Kier alpha value is -1.98. The fourth-order valence-electron chi connectivity index (χ4n) is 3.26. The summed E-state index contributed by atoms with van der Waals surface area (Å²) >= 11 is 6.09. The van der Waals surface area contributed by atoms with Gasteiger partial charge in [0.25, 0.3) is 0 Å². The molecular weight excluding hydrogens is 350 g/mol. The lowest BCUT2D eigenvalue weighted by atomic mass is 9.91. The van der Waals surface area contributed by atoms with E-state index in [1.807, 2.05) is 12.1 Å². The van der Waals surface area contributed by atoms with Gasteiger partial charge in [-0.05, 0) is 37.9 Å². The van der Waals surface area contributed by atoms with Gasteiger partial charge in [-0.1, -0.05) is 30.7 Å². The van der Waals surface area contributed by atoms with Crippen LogP contribution in [0.25, 0.3) is 0 Å². The second-order valence-corrected chi connectivity index (χ2v) is 7.08. The van der Waals surface area contributed by atoms with Gasteiger partial charge in [-0.25, -0.2) is 4.98 Å². The number of carbonyl (C=O) groups is 1. The van der Waals surface area contributed by atoms with E-state index in [9.17, 15) is 4.79 Å². The lowest BCUT2D eigenvalue weighted by Gasteiger charge is -2.31. The number of ketones is 1. The van der Waals surface area contributed by atoms with Gasteiger partial charge in [0.1, 0.15) is 11.5 Å². The number of para-hydroxylation sites is 1. The molecule has 0 radical (unpaired) electrons. The smallest absolute Gasteiger partial charge is 0.237 e. The van der Waals surface area contributed by atoms with E-state index in [2.05, 4.69) is 21.8 Å². The van der Waals surface area contributed by atoms with Gasteiger partial charge in [0.2, 0.25) is 5.88 Å². The van der Waals surface area contributed by atoms with Crippen LogP contribution in [0.1, 0.15) is 38.3 Å². The van der Waals surface area contributed by atoms with Crippen molar-refractivity contribution in [1.82, 2.24) is 14.9 Å². The largest absolute Gasteiger partial charge is 0.436 e. The second-order valence-electron chi connectivity index (χ2n) is 6.67. The highest BCUT2D eigenvalue weighted by molar-refractivity contribution is 6.32. The Balaban J connectivity index is 1.57. The van der Waals surface area contributed by atoms with E-state index in [1.165, 1.54) is 0 Å². The molecule has 0 amide bonds. The molecule has 0 saturated carbocycles. The number of hydrogen-bond acceptors (Lipinski definition) is 5. The van der Waals surface area contributed by atoms with Gasteiger partial charge >= 0.3 is 0 Å². The number of nitrogens with zero attached hydrogens (tertiary/aromatic N) is 3. The number of hydrogen-bond donors (Lipinski definition) is 0. The molecule has 3 rings (SSSR count). The topological polar surface area (TPSA) is 55.3 Å². The van der Waals surface area contributed by atoms with Crippen LogP contribution in [0.3, 0.4) is 0 Å². The Labute approximate surface area is 159 Å². The minimum absolute atomic E-state index is 0.166. The summed E-state index contributed by atoms with van der Waals surface area (Å²) < 4.78 is 5.67. The maximum atomic E-state index is 12.2. The molecule has 1 aliphatic heterocycles. The maximum Gasteiger partial charge on any atom is 0.237 e. The number of piperidine rings is 1. The van der Waals surface area contributed by atoms with E-state index in [4.69, 9.17) is 16.3 Å². The van der Waals surface area contributed by atoms with Crippen molar-refractivity contribution in [3.63, 3.8) is 0 Å². The molecule has 6 heteroatoms. The summed E-state index contributed by atoms with van der Waals surface area (Å²) in [6.07, 6.45) is 7.01. The molecule has 0 aliphatic carbocycles. The Morgan fingerprint density at radius 3 is 2.88 bits per heavy atom. The zero-order valence-electron chi connectivity index (χ0n) is 15.0. The van der Waals surface area contributed by atoms with Crippen LogP contribution in [0.5, 0.6) is 11.6 Å². The molecular formula is C20H24ClN3O2. The fourth-order valence-corrected chi connectivity index (χ4v) is 3.43. The van der Waals surface area contributed by atoms with Crippen LogP contribution in [0.15, 0.2) is 36.7 Å². The summed E-state index contributed by atoms with van der Waals surface area (Å²) in [6.45, 7) is 4.57. The van der Waals surface area contributed by atoms with Gasteiger partial charge in [-0.15, -0.1) is 0 Å². The molecule has 0 bridgehead atoms. The highest BCUT2D eigenvalue weighted by atomic mass is 35.5. The third-order valence-electron chi connectivity index (χ3n) is 4.58. The zero-order chi connectivity index (χ0) is 18.4. The second kappa shape index (κ2) is 9.10. The van der Waals surface area contributed by atoms with Gasteiger partial charge in [0.15, 0.2) is 0 Å². The van der Waals surface area contributed by atoms with Crippen molar-refractivity contribution in [3.8, 4) is 11.6 Å². The summed E-state index contributed by atoms with van der Waals surface area (Å²) in [5, 5.41) is 0.537. The summed E-state index contributed by atoms with van der Waals surface area (Å²) in [7, 11) is 0. The van der Waals surface area contributed by atoms with Gasteiger partial charge in [0, 0.05) is 25.4 Å². The predicted molar refractivity (Wildman–Crippen MR) is 101 cm³/mol. The minimum atomic E-state index is 0.166. The lowest BCUT2D eigenvalue weighted by molar-refractivity contribution is -0.124. The molecule has 1 fully saturated rings. The SMILES string of the molecule is CCCC(=O)[C@H]1CCCN(Cc2cnc(Oc3ccccc3Cl)cn2)C1. The highest BCUT2D eigenvalue weighted by Crippen LogP contribution is 2.27. The van der Waals surface area contributed by atoms with Crippen LogP contribution >= 0.6 is 11.6 Å². The summed E-state index contributed by atoms with van der Waals surface area (Å²) in [5.74, 6) is 1.53. The summed E-state index contributed by atoms with van der Waals surface area (Å²) in [6, 6.07) is 7.27. The van der Waals surface area contributed by atoms with Crippen LogP contribution < -0.4 is 4.74 Å². The van der Waals surface area contributed by atoms with Crippen LogP contribution in [-0.4, -0.2) is 33.7 Å². The van der Waals surface area contributed by atoms with Crippen LogP contribution in [-0.2, 0) is 11.3 Å². The Morgan fingerprint density at radius 2 is 2.15 bits per heavy atom. The van der Waals surface area contributed by atoms with Crippen molar-refractivity contribution in [1.29, 1.82) is 0 Å². The van der Waals surface area contributed by atoms with Gasteiger partial charge < -0.3 is 4.74 Å². The third-order valence-corrected chi connectivity index (χ3v) is 4.89. The molecule has 2 aromatic rings. The van der Waals surface area contributed by atoms with Crippen LogP contribution in [0.2, 0.25) is 5.02 Å². The third kappa shape index (κ3) is 5.02. The zero-order valence-corrected chi connectivity index (χ0v) is 15.8. The van der Waals surface area contributed by atoms with Gasteiger partial charge in [0.05, 0.1) is 23.1 Å². The first-order chi connectivity index (χ1) is 12.7. The molecule has 1 atom stereocenters. The maximum absolute atomic E-state index is 12.2. The number of likely N-dealkylation sites (tertiary alicyclic amines) is 1. The molecule has 1 saturated heterocycles. The number of benzene rings is 1. The standard InChI is InChI=1S/C20H24ClN3O2/c1-2-6-18(25)15-7-5-10-24(13-15)14-16-11-23-20(12-22-16)26-19-9-4-3-8-17(19)21/h3-4,8-9,11-12,15H,2,5-7,10,13-14H2,1H3/t15-/m0/s1. The number of Topliss-reactive ketones (excluding diaryl/α,β-unsaturated/α-hetero) is 1. The normalized spacial score (nSPS) is 17.8. The molecule has 138 valence electrons. The van der Waals surface area contributed by atoms with E-state index in [1.54, 1.807) is 24.5 Å². The van der Waals surface area contributed by atoms with Crippen molar-refractivity contribution in [2.24, 2.45) is 5.92 Å². The molecule has 26 heavy (non-hydrogen) atoms. The number of carbonyl (C=O) groups excluding carboxylic acids is 1. The lowest BCUT2D eigenvalue weighted by Crippen LogP contribution is -2.38. The van der Waals surface area contributed by atoms with E-state index in [-0.39, 0.29) is 5.92 Å². The Bertz CT molecular complexity index is 736. The van der Waals surface area contributed by atoms with Gasteiger partial charge in [-0.3, -0.25) is 14.7 Å². The van der Waals surface area contributed by atoms with Gasteiger partial charge in [-0.2, -0.15) is 0 Å². The molecule has 0 spiro atoms. The Morgan fingerprint density at radius 1 is 1.31 bits per heavy atom. The van der Waals surface area contributed by atoms with Crippen molar-refractivity contribution in [2.45, 2.75) is 39.2 Å². The molecule has 2 heterocycles. The molecule has 1 aromatic heterocycles. The van der Waals surface area contributed by atoms with E-state index in [0.29, 0.717) is 35.4 Å². The molecule has 5 nitrogen and oxygen atoms in total. The number of rotatable bonds is 7. The Kier molecular flexibility index (Phi) is 6.58. The van der Waals surface area contributed by atoms with Crippen molar-refractivity contribution in [3.05, 3.63) is 47.4 Å². The molecule has 1 aromatic carbocycles.